The van der Waals surface area contributed by atoms with Gasteiger partial charge < -0.3 is 15.4 Å². The molecule has 0 atom stereocenters. The molecule has 158 valence electrons. The van der Waals surface area contributed by atoms with Gasteiger partial charge in [-0.1, -0.05) is 26.0 Å². The summed E-state index contributed by atoms with van der Waals surface area (Å²) < 4.78 is 45.6. The van der Waals surface area contributed by atoms with Crippen molar-refractivity contribution in [3.63, 3.8) is 0 Å². The molecule has 0 spiro atoms. The zero-order valence-corrected chi connectivity index (χ0v) is 16.9. The fourth-order valence-corrected chi connectivity index (χ4v) is 2.93. The van der Waals surface area contributed by atoms with Crippen LogP contribution in [0.15, 0.2) is 54.7 Å². The number of halogens is 3. The van der Waals surface area contributed by atoms with Crippen molar-refractivity contribution in [1.82, 2.24) is 9.97 Å². The van der Waals surface area contributed by atoms with Gasteiger partial charge in [0.05, 0.1) is 7.11 Å². The molecule has 30 heavy (non-hydrogen) atoms. The highest BCUT2D eigenvalue weighted by molar-refractivity contribution is 5.63. The summed E-state index contributed by atoms with van der Waals surface area (Å²) in [6, 6.07) is 14.2. The first-order chi connectivity index (χ1) is 14.2. The number of nitrogens with zero attached hydrogens (tertiary/aromatic N) is 2. The molecule has 2 N–H and O–H groups in total. The quantitative estimate of drug-likeness (QED) is 0.481. The van der Waals surface area contributed by atoms with Crippen LogP contribution in [0.2, 0.25) is 0 Å². The fourth-order valence-electron chi connectivity index (χ4n) is 2.93. The van der Waals surface area contributed by atoms with Crippen LogP contribution in [0.25, 0.3) is 0 Å². The second kappa shape index (κ2) is 9.02. The molecule has 0 aliphatic carbocycles. The Balaban J connectivity index is 1.89. The number of hydrogen-bond donors (Lipinski definition) is 2. The maximum atomic E-state index is 13.5. The lowest BCUT2D eigenvalue weighted by Gasteiger charge is -2.15. The van der Waals surface area contributed by atoms with E-state index >= 15 is 0 Å². The highest BCUT2D eigenvalue weighted by atomic mass is 19.4. The van der Waals surface area contributed by atoms with E-state index in [2.05, 4.69) is 34.4 Å². The van der Waals surface area contributed by atoms with Crippen molar-refractivity contribution in [2.45, 2.75) is 26.4 Å². The molecule has 0 saturated carbocycles. The van der Waals surface area contributed by atoms with E-state index in [1.165, 1.54) is 0 Å². The Labute approximate surface area is 173 Å². The van der Waals surface area contributed by atoms with Crippen LogP contribution in [0, 0.1) is 5.92 Å². The molecule has 0 amide bonds. The van der Waals surface area contributed by atoms with E-state index in [0.717, 1.165) is 18.2 Å². The van der Waals surface area contributed by atoms with Crippen molar-refractivity contribution in [3.8, 4) is 5.75 Å². The minimum atomic E-state index is -4.59. The van der Waals surface area contributed by atoms with Crippen molar-refractivity contribution >= 4 is 23.1 Å². The third-order valence-corrected chi connectivity index (χ3v) is 4.27. The number of rotatable bonds is 7. The van der Waals surface area contributed by atoms with Gasteiger partial charge in [0.25, 0.3) is 0 Å². The monoisotopic (exact) mass is 416 g/mol. The van der Waals surface area contributed by atoms with Gasteiger partial charge in [-0.15, -0.1) is 0 Å². The van der Waals surface area contributed by atoms with E-state index in [9.17, 15) is 13.2 Å². The molecule has 0 aliphatic rings. The normalized spacial score (nSPS) is 11.4. The average molecular weight is 416 g/mol. The summed E-state index contributed by atoms with van der Waals surface area (Å²) in [4.78, 5) is 7.91. The van der Waals surface area contributed by atoms with E-state index in [-0.39, 0.29) is 11.8 Å². The van der Waals surface area contributed by atoms with E-state index in [1.54, 1.807) is 37.4 Å². The predicted molar refractivity (Wildman–Crippen MR) is 112 cm³/mol. The van der Waals surface area contributed by atoms with Crippen LogP contribution in [0.5, 0.6) is 5.75 Å². The van der Waals surface area contributed by atoms with Gasteiger partial charge in [-0.2, -0.15) is 18.2 Å². The molecular formula is C22H23F3N4O. The molecule has 3 aromatic rings. The second-order valence-electron chi connectivity index (χ2n) is 7.23. The maximum absolute atomic E-state index is 13.5. The molecule has 0 radical (unpaired) electrons. The largest absolute Gasteiger partial charge is 0.497 e. The molecule has 0 unspecified atom stereocenters. The third-order valence-electron chi connectivity index (χ3n) is 4.27. The summed E-state index contributed by atoms with van der Waals surface area (Å²) >= 11 is 0. The van der Waals surface area contributed by atoms with Gasteiger partial charge in [0, 0.05) is 17.6 Å². The van der Waals surface area contributed by atoms with Crippen molar-refractivity contribution in [2.24, 2.45) is 5.92 Å². The minimum absolute atomic E-state index is 0.0500. The molecular weight excluding hydrogens is 393 g/mol. The Hall–Kier alpha value is -3.29. The zero-order chi connectivity index (χ0) is 21.7. The van der Waals surface area contributed by atoms with Gasteiger partial charge in [0.2, 0.25) is 5.95 Å². The van der Waals surface area contributed by atoms with Crippen LogP contribution in [-0.2, 0) is 12.6 Å². The fraction of sp³-hybridized carbons (Fsp3) is 0.273. The molecule has 0 fully saturated rings. The molecule has 0 aliphatic heterocycles. The zero-order valence-electron chi connectivity index (χ0n) is 16.9. The Kier molecular flexibility index (Phi) is 6.44. The molecule has 5 nitrogen and oxygen atoms in total. The SMILES string of the molecule is COc1ccc(Nc2ncc(C(F)(F)F)c(Nc3cccc(CC(C)C)c3)n2)cc1. The number of methoxy groups -OCH3 is 1. The van der Waals surface area contributed by atoms with Gasteiger partial charge in [0.1, 0.15) is 17.1 Å². The average Bonchev–Trinajstić information content (AvgIpc) is 2.67. The van der Waals surface area contributed by atoms with Gasteiger partial charge in [-0.25, -0.2) is 4.98 Å². The van der Waals surface area contributed by atoms with E-state index in [0.29, 0.717) is 23.0 Å². The van der Waals surface area contributed by atoms with Gasteiger partial charge in [-0.05, 0) is 54.3 Å². The van der Waals surface area contributed by atoms with E-state index < -0.39 is 11.7 Å². The number of hydrogen-bond acceptors (Lipinski definition) is 5. The second-order valence-corrected chi connectivity index (χ2v) is 7.23. The first-order valence-corrected chi connectivity index (χ1v) is 9.46. The third kappa shape index (κ3) is 5.62. The van der Waals surface area contributed by atoms with Gasteiger partial charge >= 0.3 is 6.18 Å². The summed E-state index contributed by atoms with van der Waals surface area (Å²) in [6.45, 7) is 4.17. The highest BCUT2D eigenvalue weighted by Gasteiger charge is 2.35. The first-order valence-electron chi connectivity index (χ1n) is 9.46. The predicted octanol–water partition coefficient (Wildman–Crippen LogP) is 6.19. The Morgan fingerprint density at radius 3 is 2.37 bits per heavy atom. The van der Waals surface area contributed by atoms with E-state index in [1.807, 2.05) is 18.2 Å². The van der Waals surface area contributed by atoms with Gasteiger partial charge in [0.15, 0.2) is 0 Å². The lowest BCUT2D eigenvalue weighted by molar-refractivity contribution is -0.137. The maximum Gasteiger partial charge on any atom is 0.421 e. The van der Waals surface area contributed by atoms with Crippen molar-refractivity contribution in [1.29, 1.82) is 0 Å². The molecule has 3 rings (SSSR count). The highest BCUT2D eigenvalue weighted by Crippen LogP contribution is 2.35. The molecule has 0 saturated heterocycles. The number of benzene rings is 2. The smallest absolute Gasteiger partial charge is 0.421 e. The van der Waals surface area contributed by atoms with Crippen LogP contribution < -0.4 is 15.4 Å². The minimum Gasteiger partial charge on any atom is -0.497 e. The van der Waals surface area contributed by atoms with Gasteiger partial charge in [-0.3, -0.25) is 0 Å². The summed E-state index contributed by atoms with van der Waals surface area (Å²) in [6.07, 6.45) is -2.98. The molecule has 2 aromatic carbocycles. The standard InChI is InChI=1S/C22H23F3N4O/c1-14(2)11-15-5-4-6-17(12-15)27-20-19(22(23,24)25)13-26-21(29-20)28-16-7-9-18(30-3)10-8-16/h4-10,12-14H,11H2,1-3H3,(H2,26,27,28,29). The van der Waals surface area contributed by atoms with Crippen LogP contribution in [-0.4, -0.2) is 17.1 Å². The first kappa shape index (κ1) is 21.4. The topological polar surface area (TPSA) is 59.1 Å². The number of nitrogens with one attached hydrogen (secondary N) is 2. The molecule has 1 aromatic heterocycles. The van der Waals surface area contributed by atoms with Crippen molar-refractivity contribution in [3.05, 3.63) is 65.9 Å². The van der Waals surface area contributed by atoms with Crippen LogP contribution in [0.3, 0.4) is 0 Å². The summed E-state index contributed by atoms with van der Waals surface area (Å²) in [5.41, 5.74) is 1.26. The summed E-state index contributed by atoms with van der Waals surface area (Å²) in [5.74, 6) is 0.840. The van der Waals surface area contributed by atoms with Crippen LogP contribution in [0.1, 0.15) is 25.0 Å². The van der Waals surface area contributed by atoms with E-state index in [4.69, 9.17) is 4.74 Å². The van der Waals surface area contributed by atoms with Crippen molar-refractivity contribution < 1.29 is 17.9 Å². The summed E-state index contributed by atoms with van der Waals surface area (Å²) in [5, 5.41) is 5.72. The number of anilines is 4. The number of aromatic nitrogens is 2. The lowest BCUT2D eigenvalue weighted by atomic mass is 10.0. The van der Waals surface area contributed by atoms with Crippen molar-refractivity contribution in [2.75, 3.05) is 17.7 Å². The number of alkyl halides is 3. The molecule has 0 bridgehead atoms. The Morgan fingerprint density at radius 2 is 1.73 bits per heavy atom. The van der Waals surface area contributed by atoms with Crippen LogP contribution >= 0.6 is 0 Å². The lowest BCUT2D eigenvalue weighted by Crippen LogP contribution is -2.12. The molecule has 8 heteroatoms. The van der Waals surface area contributed by atoms with Crippen LogP contribution in [0.4, 0.5) is 36.3 Å². The Bertz CT molecular complexity index is 988. The molecule has 1 heterocycles. The number of ether oxygens (including phenoxy) is 1. The summed E-state index contributed by atoms with van der Waals surface area (Å²) in [7, 11) is 1.55. The Morgan fingerprint density at radius 1 is 1.00 bits per heavy atom.